The second kappa shape index (κ2) is 8.24. The Morgan fingerprint density at radius 2 is 1.55 bits per heavy atom. The molecule has 1 aromatic heterocycles. The Morgan fingerprint density at radius 1 is 0.862 bits per heavy atom. The fraction of sp³-hybridized carbons (Fsp3) is 0.360. The van der Waals surface area contributed by atoms with E-state index < -0.39 is 0 Å². The number of aromatic nitrogens is 2. The van der Waals surface area contributed by atoms with E-state index in [1.54, 1.807) is 0 Å². The highest BCUT2D eigenvalue weighted by atomic mass is 15.2. The maximum atomic E-state index is 4.79. The highest BCUT2D eigenvalue weighted by Crippen LogP contribution is 2.28. The largest absolute Gasteiger partial charge is 0.351 e. The summed E-state index contributed by atoms with van der Waals surface area (Å²) in [5.41, 5.74) is 4.51. The minimum Gasteiger partial charge on any atom is -0.351 e. The fourth-order valence-electron chi connectivity index (χ4n) is 3.79. The van der Waals surface area contributed by atoms with Crippen LogP contribution in [-0.4, -0.2) is 16.0 Å². The van der Waals surface area contributed by atoms with Crippen LogP contribution in [0, 0.1) is 0 Å². The Labute approximate surface area is 173 Å². The van der Waals surface area contributed by atoms with Gasteiger partial charge >= 0.3 is 0 Å². The van der Waals surface area contributed by atoms with Crippen LogP contribution in [0.3, 0.4) is 0 Å². The molecule has 150 valence electrons. The van der Waals surface area contributed by atoms with E-state index in [4.69, 9.17) is 9.97 Å². The first kappa shape index (κ1) is 19.4. The first-order valence-corrected chi connectivity index (χ1v) is 10.6. The van der Waals surface area contributed by atoms with Gasteiger partial charge in [0.2, 0.25) is 5.95 Å². The predicted octanol–water partition coefficient (Wildman–Crippen LogP) is 6.54. The van der Waals surface area contributed by atoms with Crippen molar-refractivity contribution in [2.45, 2.75) is 57.9 Å². The molecular weight excluding hydrogens is 356 g/mol. The molecular formula is C25H30N4. The maximum absolute atomic E-state index is 4.79. The van der Waals surface area contributed by atoms with Gasteiger partial charge in [-0.1, -0.05) is 76.1 Å². The normalized spacial score (nSPS) is 14.7. The minimum atomic E-state index is 0.145. The summed E-state index contributed by atoms with van der Waals surface area (Å²) < 4.78 is 0. The van der Waals surface area contributed by atoms with Crippen molar-refractivity contribution in [2.75, 3.05) is 10.6 Å². The van der Waals surface area contributed by atoms with E-state index in [2.05, 4.69) is 67.8 Å². The quantitative estimate of drug-likeness (QED) is 0.523. The molecule has 0 atom stereocenters. The summed E-state index contributed by atoms with van der Waals surface area (Å²) in [7, 11) is 0. The predicted molar refractivity (Wildman–Crippen MR) is 122 cm³/mol. The zero-order valence-corrected chi connectivity index (χ0v) is 17.6. The fourth-order valence-corrected chi connectivity index (χ4v) is 3.79. The van der Waals surface area contributed by atoms with Crippen LogP contribution >= 0.6 is 0 Å². The molecule has 0 spiro atoms. The molecule has 0 radical (unpaired) electrons. The Hall–Kier alpha value is -2.88. The number of rotatable bonds is 5. The van der Waals surface area contributed by atoms with E-state index in [1.165, 1.54) is 31.2 Å². The van der Waals surface area contributed by atoms with Crippen LogP contribution in [-0.2, 0) is 5.41 Å². The van der Waals surface area contributed by atoms with Gasteiger partial charge in [-0.2, -0.15) is 4.98 Å². The lowest BCUT2D eigenvalue weighted by Gasteiger charge is -2.19. The maximum Gasteiger partial charge on any atom is 0.225 e. The van der Waals surface area contributed by atoms with Gasteiger partial charge in [0.25, 0.3) is 0 Å². The van der Waals surface area contributed by atoms with Crippen molar-refractivity contribution in [1.82, 2.24) is 9.97 Å². The molecule has 0 bridgehead atoms. The summed E-state index contributed by atoms with van der Waals surface area (Å²) in [5, 5.41) is 7.01. The molecule has 2 N–H and O–H groups in total. The lowest BCUT2D eigenvalue weighted by atomic mass is 9.87. The smallest absolute Gasteiger partial charge is 0.225 e. The summed E-state index contributed by atoms with van der Waals surface area (Å²) in [6.07, 6.45) is 4.94. The molecule has 29 heavy (non-hydrogen) atoms. The third-order valence-electron chi connectivity index (χ3n) is 5.51. The highest BCUT2D eigenvalue weighted by molar-refractivity contribution is 5.67. The number of hydrogen-bond acceptors (Lipinski definition) is 4. The molecule has 1 aliphatic carbocycles. The Balaban J connectivity index is 1.62. The average Bonchev–Trinajstić information content (AvgIpc) is 3.21. The van der Waals surface area contributed by atoms with Crippen LogP contribution in [0.15, 0.2) is 60.7 Å². The van der Waals surface area contributed by atoms with Crippen molar-refractivity contribution >= 4 is 17.5 Å². The van der Waals surface area contributed by atoms with Gasteiger partial charge < -0.3 is 10.6 Å². The van der Waals surface area contributed by atoms with Gasteiger partial charge in [0, 0.05) is 23.4 Å². The van der Waals surface area contributed by atoms with E-state index >= 15 is 0 Å². The van der Waals surface area contributed by atoms with Crippen molar-refractivity contribution in [1.29, 1.82) is 0 Å². The molecule has 4 nitrogen and oxygen atoms in total. The number of hydrogen-bond donors (Lipinski definition) is 2. The Bertz CT molecular complexity index is 937. The molecule has 2 aromatic carbocycles. The monoisotopic (exact) mass is 386 g/mol. The van der Waals surface area contributed by atoms with E-state index in [0.717, 1.165) is 22.8 Å². The van der Waals surface area contributed by atoms with Crippen LogP contribution in [0.4, 0.5) is 17.5 Å². The summed E-state index contributed by atoms with van der Waals surface area (Å²) in [5.74, 6) is 1.51. The van der Waals surface area contributed by atoms with Crippen molar-refractivity contribution in [2.24, 2.45) is 0 Å². The van der Waals surface area contributed by atoms with E-state index in [1.807, 2.05) is 24.3 Å². The molecule has 0 amide bonds. The first-order chi connectivity index (χ1) is 14.0. The number of nitrogens with zero attached hydrogens (tertiary/aromatic N) is 2. The Kier molecular flexibility index (Phi) is 5.52. The van der Waals surface area contributed by atoms with Gasteiger partial charge in [0.05, 0.1) is 5.69 Å². The third-order valence-corrected chi connectivity index (χ3v) is 5.51. The molecule has 1 fully saturated rings. The second-order valence-corrected chi connectivity index (χ2v) is 8.91. The van der Waals surface area contributed by atoms with Gasteiger partial charge in [-0.25, -0.2) is 4.98 Å². The molecule has 0 unspecified atom stereocenters. The second-order valence-electron chi connectivity index (χ2n) is 8.91. The van der Waals surface area contributed by atoms with Crippen molar-refractivity contribution in [3.63, 3.8) is 0 Å². The van der Waals surface area contributed by atoms with Crippen LogP contribution in [0.25, 0.3) is 11.3 Å². The first-order valence-electron chi connectivity index (χ1n) is 10.6. The topological polar surface area (TPSA) is 49.8 Å². The summed E-state index contributed by atoms with van der Waals surface area (Å²) >= 11 is 0. The van der Waals surface area contributed by atoms with Crippen LogP contribution in [0.5, 0.6) is 0 Å². The average molecular weight is 387 g/mol. The van der Waals surface area contributed by atoms with E-state index in [9.17, 15) is 0 Å². The summed E-state index contributed by atoms with van der Waals surface area (Å²) in [4.78, 5) is 9.55. The molecule has 4 heteroatoms. The van der Waals surface area contributed by atoms with Crippen LogP contribution < -0.4 is 10.6 Å². The van der Waals surface area contributed by atoms with Crippen molar-refractivity contribution in [3.8, 4) is 11.3 Å². The zero-order chi connectivity index (χ0) is 20.3. The molecule has 1 heterocycles. The molecule has 0 aliphatic heterocycles. The zero-order valence-electron chi connectivity index (χ0n) is 17.6. The molecule has 4 rings (SSSR count). The lowest BCUT2D eigenvalue weighted by Crippen LogP contribution is -2.17. The Morgan fingerprint density at radius 3 is 2.21 bits per heavy atom. The van der Waals surface area contributed by atoms with Gasteiger partial charge in [-0.3, -0.25) is 0 Å². The molecule has 1 saturated carbocycles. The van der Waals surface area contributed by atoms with Gasteiger partial charge in [-0.05, 0) is 36.0 Å². The van der Waals surface area contributed by atoms with Gasteiger partial charge in [0.15, 0.2) is 0 Å². The van der Waals surface area contributed by atoms with E-state index in [0.29, 0.717) is 12.0 Å². The van der Waals surface area contributed by atoms with Gasteiger partial charge in [0.1, 0.15) is 5.82 Å². The summed E-state index contributed by atoms with van der Waals surface area (Å²) in [6.45, 7) is 6.69. The molecule has 3 aromatic rings. The minimum absolute atomic E-state index is 0.145. The number of nitrogens with one attached hydrogen (secondary N) is 2. The van der Waals surface area contributed by atoms with Crippen molar-refractivity contribution in [3.05, 3.63) is 66.2 Å². The molecule has 1 aliphatic rings. The molecule has 0 saturated heterocycles. The SMILES string of the molecule is CC(C)(C)c1ccc(Nc2cc(-c3ccccc3)nc(NC3CCCC3)n2)cc1. The van der Waals surface area contributed by atoms with Gasteiger partial charge in [-0.15, -0.1) is 0 Å². The lowest BCUT2D eigenvalue weighted by molar-refractivity contribution is 0.590. The van der Waals surface area contributed by atoms with Crippen LogP contribution in [0.1, 0.15) is 52.0 Å². The third kappa shape index (κ3) is 4.94. The number of anilines is 3. The van der Waals surface area contributed by atoms with Crippen molar-refractivity contribution < 1.29 is 0 Å². The van der Waals surface area contributed by atoms with Crippen LogP contribution in [0.2, 0.25) is 0 Å². The van der Waals surface area contributed by atoms with E-state index in [-0.39, 0.29) is 5.41 Å². The highest BCUT2D eigenvalue weighted by Gasteiger charge is 2.17. The number of benzene rings is 2. The summed E-state index contributed by atoms with van der Waals surface area (Å²) in [6, 6.07) is 21.4. The standard InChI is InChI=1S/C25H30N4/c1-25(2,3)19-13-15-21(16-14-19)26-23-17-22(18-9-5-4-6-10-18)28-24(29-23)27-20-11-7-8-12-20/h4-6,9-10,13-17,20H,7-8,11-12H2,1-3H3,(H2,26,27,28,29).